The Kier molecular flexibility index (Phi) is 9.98. The number of benzene rings is 3. The van der Waals surface area contributed by atoms with Crippen LogP contribution in [0.15, 0.2) is 89.8 Å². The maximum Gasteiger partial charge on any atom is 0.264 e. The molecule has 1 atom stereocenters. The molecule has 212 valence electrons. The van der Waals surface area contributed by atoms with Crippen LogP contribution in [0.1, 0.15) is 50.2 Å². The van der Waals surface area contributed by atoms with Crippen molar-refractivity contribution in [1.82, 2.24) is 10.2 Å². The summed E-state index contributed by atoms with van der Waals surface area (Å²) in [5.41, 5.74) is 2.40. The van der Waals surface area contributed by atoms with Crippen molar-refractivity contribution in [3.8, 4) is 0 Å². The molecule has 1 aliphatic carbocycles. The number of hydrogen-bond donors (Lipinski definition) is 1. The SMILES string of the molecule is Cc1ccc(N(CC(=O)N(CCc2ccccc2)C(C)C(=O)NC2CCCCC2)S(=O)(=O)c2ccccc2)cc1. The van der Waals surface area contributed by atoms with Crippen molar-refractivity contribution in [2.24, 2.45) is 0 Å². The lowest BCUT2D eigenvalue weighted by Gasteiger charge is -2.33. The third-order valence-electron chi connectivity index (χ3n) is 7.54. The van der Waals surface area contributed by atoms with Crippen LogP contribution in [-0.4, -0.2) is 50.3 Å². The minimum absolute atomic E-state index is 0.0994. The van der Waals surface area contributed by atoms with E-state index in [-0.39, 0.29) is 23.4 Å². The van der Waals surface area contributed by atoms with E-state index < -0.39 is 28.5 Å². The molecule has 1 N–H and O–H groups in total. The van der Waals surface area contributed by atoms with E-state index >= 15 is 0 Å². The molecule has 7 nitrogen and oxygen atoms in total. The zero-order valence-electron chi connectivity index (χ0n) is 23.3. The predicted octanol–water partition coefficient (Wildman–Crippen LogP) is 5.10. The van der Waals surface area contributed by atoms with Crippen LogP contribution >= 0.6 is 0 Å². The van der Waals surface area contributed by atoms with Gasteiger partial charge in [0.2, 0.25) is 11.8 Å². The molecule has 0 heterocycles. The molecule has 8 heteroatoms. The number of sulfonamides is 1. The number of carbonyl (C=O) groups excluding carboxylic acids is 2. The summed E-state index contributed by atoms with van der Waals surface area (Å²) in [4.78, 5) is 28.9. The normalized spacial score (nSPS) is 14.8. The topological polar surface area (TPSA) is 86.8 Å². The molecule has 40 heavy (non-hydrogen) atoms. The van der Waals surface area contributed by atoms with Crippen LogP contribution in [0.5, 0.6) is 0 Å². The first kappa shape index (κ1) is 29.3. The Bertz CT molecular complexity index is 1360. The monoisotopic (exact) mass is 561 g/mol. The Balaban J connectivity index is 1.62. The Morgan fingerprint density at radius 2 is 1.48 bits per heavy atom. The van der Waals surface area contributed by atoms with Crippen molar-refractivity contribution in [2.45, 2.75) is 69.4 Å². The number of nitrogens with zero attached hydrogens (tertiary/aromatic N) is 2. The molecular weight excluding hydrogens is 522 g/mol. The Labute approximate surface area is 238 Å². The molecule has 1 aliphatic rings. The molecule has 1 unspecified atom stereocenters. The first-order chi connectivity index (χ1) is 19.3. The Morgan fingerprint density at radius 3 is 2.10 bits per heavy atom. The summed E-state index contributed by atoms with van der Waals surface area (Å²) in [7, 11) is -4.05. The second-order valence-corrected chi connectivity index (χ2v) is 12.4. The Hall–Kier alpha value is -3.65. The van der Waals surface area contributed by atoms with Crippen molar-refractivity contribution in [3.05, 3.63) is 96.1 Å². The number of carbonyl (C=O) groups is 2. The van der Waals surface area contributed by atoms with E-state index in [1.807, 2.05) is 49.4 Å². The number of hydrogen-bond acceptors (Lipinski definition) is 4. The highest BCUT2D eigenvalue weighted by Crippen LogP contribution is 2.25. The van der Waals surface area contributed by atoms with E-state index in [1.165, 1.54) is 23.5 Å². The highest BCUT2D eigenvalue weighted by atomic mass is 32.2. The van der Waals surface area contributed by atoms with E-state index in [4.69, 9.17) is 0 Å². The van der Waals surface area contributed by atoms with Gasteiger partial charge in [0.1, 0.15) is 12.6 Å². The molecule has 0 aliphatic heterocycles. The van der Waals surface area contributed by atoms with Crippen molar-refractivity contribution in [1.29, 1.82) is 0 Å². The zero-order valence-corrected chi connectivity index (χ0v) is 24.1. The summed E-state index contributed by atoms with van der Waals surface area (Å²) in [5.74, 6) is -0.636. The zero-order chi connectivity index (χ0) is 28.5. The van der Waals surface area contributed by atoms with Gasteiger partial charge in [0, 0.05) is 12.6 Å². The molecule has 4 rings (SSSR count). The third-order valence-corrected chi connectivity index (χ3v) is 9.32. The van der Waals surface area contributed by atoms with Crippen LogP contribution in [-0.2, 0) is 26.0 Å². The van der Waals surface area contributed by atoms with E-state index in [1.54, 1.807) is 37.3 Å². The largest absolute Gasteiger partial charge is 0.352 e. The average molecular weight is 562 g/mol. The summed E-state index contributed by atoms with van der Waals surface area (Å²) in [6, 6.07) is 24.3. The summed E-state index contributed by atoms with van der Waals surface area (Å²) in [6.07, 6.45) is 5.76. The van der Waals surface area contributed by atoms with Crippen LogP contribution in [0.25, 0.3) is 0 Å². The van der Waals surface area contributed by atoms with Gasteiger partial charge in [-0.05, 0) is 62.9 Å². The number of nitrogens with one attached hydrogen (secondary N) is 1. The lowest BCUT2D eigenvalue weighted by molar-refractivity contribution is -0.139. The predicted molar refractivity (Wildman–Crippen MR) is 158 cm³/mol. The fourth-order valence-electron chi connectivity index (χ4n) is 5.10. The number of amides is 2. The average Bonchev–Trinajstić information content (AvgIpc) is 2.98. The van der Waals surface area contributed by atoms with Gasteiger partial charge in [-0.3, -0.25) is 13.9 Å². The van der Waals surface area contributed by atoms with Gasteiger partial charge in [-0.1, -0.05) is 85.5 Å². The molecule has 0 bridgehead atoms. The maximum atomic E-state index is 14.0. The van der Waals surface area contributed by atoms with Gasteiger partial charge in [0.25, 0.3) is 10.0 Å². The minimum Gasteiger partial charge on any atom is -0.352 e. The maximum absolute atomic E-state index is 14.0. The summed E-state index contributed by atoms with van der Waals surface area (Å²) < 4.78 is 28.7. The lowest BCUT2D eigenvalue weighted by Crippen LogP contribution is -2.53. The summed E-state index contributed by atoms with van der Waals surface area (Å²) in [5, 5.41) is 3.13. The first-order valence-electron chi connectivity index (χ1n) is 14.0. The molecular formula is C32H39N3O4S. The van der Waals surface area contributed by atoms with Crippen molar-refractivity contribution in [3.63, 3.8) is 0 Å². The van der Waals surface area contributed by atoms with E-state index in [0.29, 0.717) is 12.1 Å². The molecule has 0 saturated heterocycles. The van der Waals surface area contributed by atoms with E-state index in [2.05, 4.69) is 5.32 Å². The Morgan fingerprint density at radius 1 is 0.875 bits per heavy atom. The molecule has 1 saturated carbocycles. The first-order valence-corrected chi connectivity index (χ1v) is 15.5. The van der Waals surface area contributed by atoms with Gasteiger partial charge in [0.05, 0.1) is 10.6 Å². The molecule has 0 radical (unpaired) electrons. The fraction of sp³-hybridized carbons (Fsp3) is 0.375. The van der Waals surface area contributed by atoms with Crippen LogP contribution in [0.3, 0.4) is 0 Å². The number of anilines is 1. The van der Waals surface area contributed by atoms with Gasteiger partial charge < -0.3 is 10.2 Å². The van der Waals surface area contributed by atoms with Crippen molar-refractivity contribution in [2.75, 3.05) is 17.4 Å². The minimum atomic E-state index is -4.05. The lowest BCUT2D eigenvalue weighted by atomic mass is 9.95. The van der Waals surface area contributed by atoms with E-state index in [0.717, 1.165) is 41.1 Å². The van der Waals surface area contributed by atoms with Crippen LogP contribution < -0.4 is 9.62 Å². The second kappa shape index (κ2) is 13.6. The van der Waals surface area contributed by atoms with Crippen molar-refractivity contribution >= 4 is 27.5 Å². The van der Waals surface area contributed by atoms with Crippen LogP contribution in [0.2, 0.25) is 0 Å². The highest BCUT2D eigenvalue weighted by Gasteiger charge is 2.33. The van der Waals surface area contributed by atoms with Gasteiger partial charge in [0.15, 0.2) is 0 Å². The molecule has 3 aromatic carbocycles. The summed E-state index contributed by atoms with van der Waals surface area (Å²) in [6.45, 7) is 3.51. The second-order valence-electron chi connectivity index (χ2n) is 10.5. The van der Waals surface area contributed by atoms with Crippen molar-refractivity contribution < 1.29 is 18.0 Å². The van der Waals surface area contributed by atoms with Crippen LogP contribution in [0.4, 0.5) is 5.69 Å². The van der Waals surface area contributed by atoms with Gasteiger partial charge in [-0.25, -0.2) is 8.42 Å². The fourth-order valence-corrected chi connectivity index (χ4v) is 6.53. The van der Waals surface area contributed by atoms with Crippen LogP contribution in [0, 0.1) is 6.92 Å². The standard InChI is InChI=1S/C32H39N3O4S/c1-25-18-20-29(21-19-25)35(40(38,39)30-16-10-5-11-17-30)24-31(36)34(23-22-27-12-6-3-7-13-27)26(2)32(37)33-28-14-8-4-9-15-28/h3,5-7,10-13,16-21,26,28H,4,8-9,14-15,22-24H2,1-2H3,(H,33,37). The van der Waals surface area contributed by atoms with E-state index in [9.17, 15) is 18.0 Å². The quantitative estimate of drug-likeness (QED) is 0.353. The van der Waals surface area contributed by atoms with Gasteiger partial charge in [-0.2, -0.15) is 0 Å². The number of rotatable bonds is 11. The smallest absolute Gasteiger partial charge is 0.264 e. The number of aryl methyl sites for hydroxylation is 1. The molecule has 3 aromatic rings. The van der Waals surface area contributed by atoms with Gasteiger partial charge >= 0.3 is 0 Å². The molecule has 0 spiro atoms. The molecule has 2 amide bonds. The molecule has 1 fully saturated rings. The highest BCUT2D eigenvalue weighted by molar-refractivity contribution is 7.92. The summed E-state index contributed by atoms with van der Waals surface area (Å²) >= 11 is 0. The van der Waals surface area contributed by atoms with Gasteiger partial charge in [-0.15, -0.1) is 0 Å². The third kappa shape index (κ3) is 7.50. The molecule has 0 aromatic heterocycles.